The topological polar surface area (TPSA) is 76.7 Å². The molecule has 0 aliphatic carbocycles. The first kappa shape index (κ1) is 22.9. The number of hydrogen-bond acceptors (Lipinski definition) is 4. The maximum absolute atomic E-state index is 12.6. The fraction of sp³-hybridized carbons (Fsp3) is 0.263. The molecule has 0 spiro atoms. The summed E-state index contributed by atoms with van der Waals surface area (Å²) in [5.74, 6) is -0.826. The van der Waals surface area contributed by atoms with Gasteiger partial charge in [0.05, 0.1) is 0 Å². The van der Waals surface area contributed by atoms with E-state index in [4.69, 9.17) is 0 Å². The number of benzene rings is 2. The van der Waals surface area contributed by atoms with Crippen LogP contribution in [0.1, 0.15) is 11.1 Å². The molecule has 0 saturated carbocycles. The average Bonchev–Trinajstić information content (AvgIpc) is 2.67. The Labute approximate surface area is 168 Å². The third-order valence-corrected chi connectivity index (χ3v) is 3.56. The molecular formula is C19H17F5N2O4. The van der Waals surface area contributed by atoms with E-state index in [1.165, 1.54) is 18.2 Å². The molecule has 30 heavy (non-hydrogen) atoms. The van der Waals surface area contributed by atoms with E-state index in [1.807, 2.05) is 5.32 Å². The molecule has 2 N–H and O–H groups in total. The van der Waals surface area contributed by atoms with Crippen molar-refractivity contribution in [3.63, 3.8) is 0 Å². The number of rotatable bonds is 8. The quantitative estimate of drug-likeness (QED) is 0.616. The molecule has 11 heteroatoms. The maximum atomic E-state index is 12.6. The van der Waals surface area contributed by atoms with Gasteiger partial charge in [-0.3, -0.25) is 4.79 Å². The van der Waals surface area contributed by atoms with Crippen LogP contribution in [-0.2, 0) is 16.0 Å². The van der Waals surface area contributed by atoms with Crippen molar-refractivity contribution >= 4 is 17.7 Å². The van der Waals surface area contributed by atoms with Crippen LogP contribution in [-0.4, -0.2) is 37.9 Å². The van der Waals surface area contributed by atoms with E-state index < -0.39 is 37.9 Å². The number of alkyl carbamates (subject to hydrolysis) is 1. The van der Waals surface area contributed by atoms with Crippen LogP contribution < -0.4 is 15.4 Å². The van der Waals surface area contributed by atoms with Gasteiger partial charge >= 0.3 is 18.9 Å². The lowest BCUT2D eigenvalue weighted by molar-refractivity contribution is -0.160. The lowest BCUT2D eigenvalue weighted by Gasteiger charge is -2.14. The van der Waals surface area contributed by atoms with E-state index in [2.05, 4.69) is 14.8 Å². The van der Waals surface area contributed by atoms with Gasteiger partial charge in [-0.05, 0) is 23.8 Å². The summed E-state index contributed by atoms with van der Waals surface area (Å²) in [6.07, 6.45) is -5.85. The summed E-state index contributed by atoms with van der Waals surface area (Å²) >= 11 is 0. The molecule has 0 heterocycles. The van der Waals surface area contributed by atoms with Crippen molar-refractivity contribution in [1.29, 1.82) is 0 Å². The Morgan fingerprint density at radius 1 is 1.03 bits per heavy atom. The van der Waals surface area contributed by atoms with Gasteiger partial charge in [0.2, 0.25) is 5.91 Å². The van der Waals surface area contributed by atoms with Gasteiger partial charge in [-0.1, -0.05) is 30.3 Å². The van der Waals surface area contributed by atoms with Crippen LogP contribution in [0.3, 0.4) is 0 Å². The third-order valence-electron chi connectivity index (χ3n) is 3.56. The Morgan fingerprint density at radius 3 is 2.37 bits per heavy atom. The highest BCUT2D eigenvalue weighted by atomic mass is 19.4. The van der Waals surface area contributed by atoms with E-state index in [0.29, 0.717) is 5.56 Å². The first-order chi connectivity index (χ1) is 14.1. The second kappa shape index (κ2) is 10.4. The minimum absolute atomic E-state index is 0.0688. The first-order valence-corrected chi connectivity index (χ1v) is 8.51. The molecule has 162 valence electrons. The van der Waals surface area contributed by atoms with Crippen molar-refractivity contribution in [2.24, 2.45) is 0 Å². The molecular weight excluding hydrogens is 415 g/mol. The van der Waals surface area contributed by atoms with Crippen LogP contribution in [0.15, 0.2) is 48.5 Å². The van der Waals surface area contributed by atoms with Gasteiger partial charge in [-0.15, -0.1) is 0 Å². The Morgan fingerprint density at radius 2 is 1.73 bits per heavy atom. The number of halogens is 5. The zero-order valence-electron chi connectivity index (χ0n) is 15.3. The van der Waals surface area contributed by atoms with Crippen molar-refractivity contribution in [2.45, 2.75) is 19.2 Å². The van der Waals surface area contributed by atoms with E-state index in [-0.39, 0.29) is 17.9 Å². The van der Waals surface area contributed by atoms with Crippen LogP contribution in [0.2, 0.25) is 0 Å². The zero-order chi connectivity index (χ0) is 22.1. The molecule has 0 unspecified atom stereocenters. The molecule has 0 radical (unpaired) electrons. The van der Waals surface area contributed by atoms with Gasteiger partial charge in [0, 0.05) is 17.7 Å². The zero-order valence-corrected chi connectivity index (χ0v) is 15.3. The van der Waals surface area contributed by atoms with Crippen LogP contribution in [0.4, 0.5) is 32.4 Å². The predicted molar refractivity (Wildman–Crippen MR) is 96.4 cm³/mol. The van der Waals surface area contributed by atoms with E-state index in [9.17, 15) is 31.5 Å². The molecule has 0 bridgehead atoms. The van der Waals surface area contributed by atoms with Gasteiger partial charge in [0.15, 0.2) is 6.61 Å². The highest BCUT2D eigenvalue weighted by Crippen LogP contribution is 2.27. The number of carbonyl (C=O) groups is 2. The molecule has 6 nitrogen and oxygen atoms in total. The van der Waals surface area contributed by atoms with Crippen molar-refractivity contribution < 1.29 is 41.0 Å². The normalized spacial score (nSPS) is 11.1. The summed E-state index contributed by atoms with van der Waals surface area (Å²) in [5, 5.41) is 4.27. The van der Waals surface area contributed by atoms with E-state index in [0.717, 1.165) is 5.56 Å². The van der Waals surface area contributed by atoms with Gasteiger partial charge in [0.25, 0.3) is 0 Å². The van der Waals surface area contributed by atoms with E-state index in [1.54, 1.807) is 30.3 Å². The number of nitrogens with one attached hydrogen (secondary N) is 2. The highest BCUT2D eigenvalue weighted by molar-refractivity contribution is 5.94. The molecule has 2 aromatic carbocycles. The van der Waals surface area contributed by atoms with Crippen molar-refractivity contribution in [3.8, 4) is 5.75 Å². The Kier molecular flexibility index (Phi) is 7.96. The molecule has 2 amide bonds. The van der Waals surface area contributed by atoms with Crippen LogP contribution in [0.5, 0.6) is 5.75 Å². The molecule has 0 aromatic heterocycles. The predicted octanol–water partition coefficient (Wildman–Crippen LogP) is 4.11. The van der Waals surface area contributed by atoms with Gasteiger partial charge < -0.3 is 20.1 Å². The Bertz CT molecular complexity index is 860. The smallest absolute Gasteiger partial charge is 0.422 e. The van der Waals surface area contributed by atoms with Crippen molar-refractivity contribution in [3.05, 3.63) is 59.7 Å². The number of alkyl halides is 5. The molecule has 0 fully saturated rings. The standard InChI is InChI=1S/C19H17F5N2O4/c20-17(21)30-15-7-6-14(9-13(15)8-12-4-2-1-3-5-12)26-16(27)10-25-18(28)29-11-19(22,23)24/h1-7,9,17H,8,10-11H2,(H,25,28)(H,26,27). The number of hydrogen-bond donors (Lipinski definition) is 2. The fourth-order valence-electron chi connectivity index (χ4n) is 2.38. The number of ether oxygens (including phenoxy) is 2. The lowest BCUT2D eigenvalue weighted by Crippen LogP contribution is -2.35. The number of carbonyl (C=O) groups excluding carboxylic acids is 2. The van der Waals surface area contributed by atoms with Gasteiger partial charge in [-0.2, -0.15) is 22.0 Å². The van der Waals surface area contributed by atoms with E-state index >= 15 is 0 Å². The Hall–Kier alpha value is -3.37. The molecule has 2 aromatic rings. The summed E-state index contributed by atoms with van der Waals surface area (Å²) in [7, 11) is 0. The third kappa shape index (κ3) is 8.33. The molecule has 0 aliphatic rings. The molecule has 2 rings (SSSR count). The maximum Gasteiger partial charge on any atom is 0.422 e. The first-order valence-electron chi connectivity index (χ1n) is 8.51. The van der Waals surface area contributed by atoms with Gasteiger partial charge in [0.1, 0.15) is 12.3 Å². The molecule has 0 atom stereocenters. The minimum Gasteiger partial charge on any atom is -0.440 e. The van der Waals surface area contributed by atoms with Crippen molar-refractivity contribution in [1.82, 2.24) is 5.32 Å². The highest BCUT2D eigenvalue weighted by Gasteiger charge is 2.29. The lowest BCUT2D eigenvalue weighted by atomic mass is 10.0. The second-order valence-electron chi connectivity index (χ2n) is 5.96. The van der Waals surface area contributed by atoms with Crippen LogP contribution >= 0.6 is 0 Å². The second-order valence-corrected chi connectivity index (χ2v) is 5.96. The summed E-state index contributed by atoms with van der Waals surface area (Å²) in [6.45, 7) is -5.47. The molecule has 0 aliphatic heterocycles. The summed E-state index contributed by atoms with van der Waals surface area (Å²) in [5.41, 5.74) is 1.41. The fourth-order valence-corrected chi connectivity index (χ4v) is 2.38. The average molecular weight is 432 g/mol. The number of amides is 2. The SMILES string of the molecule is O=C(CNC(=O)OCC(F)(F)F)Nc1ccc(OC(F)F)c(Cc2ccccc2)c1. The summed E-state index contributed by atoms with van der Waals surface area (Å²) < 4.78 is 69.6. The van der Waals surface area contributed by atoms with Crippen molar-refractivity contribution in [2.75, 3.05) is 18.5 Å². The van der Waals surface area contributed by atoms with Crippen LogP contribution in [0.25, 0.3) is 0 Å². The Balaban J connectivity index is 2.00. The largest absolute Gasteiger partial charge is 0.440 e. The summed E-state index contributed by atoms with van der Waals surface area (Å²) in [4.78, 5) is 23.0. The number of anilines is 1. The monoisotopic (exact) mass is 432 g/mol. The molecule has 0 saturated heterocycles. The minimum atomic E-state index is -4.68. The van der Waals surface area contributed by atoms with Gasteiger partial charge in [-0.25, -0.2) is 4.79 Å². The van der Waals surface area contributed by atoms with Crippen LogP contribution in [0, 0.1) is 0 Å². The summed E-state index contributed by atoms with van der Waals surface area (Å²) in [6, 6.07) is 12.9.